The highest BCUT2D eigenvalue weighted by atomic mass is 16.2. The Morgan fingerprint density at radius 2 is 1.92 bits per heavy atom. The number of carbonyl (C=O) groups is 3. The summed E-state index contributed by atoms with van der Waals surface area (Å²) in [7, 11) is 0. The molecule has 2 aliphatic rings. The summed E-state index contributed by atoms with van der Waals surface area (Å²) in [6, 6.07) is 7.14. The number of rotatable bonds is 3. The van der Waals surface area contributed by atoms with E-state index in [4.69, 9.17) is 0 Å². The third kappa shape index (κ3) is 3.13. The molecule has 134 valence electrons. The molecule has 6 heteroatoms. The predicted octanol–water partition coefficient (Wildman–Crippen LogP) is 2.16. The van der Waals surface area contributed by atoms with E-state index >= 15 is 0 Å². The molecule has 1 aromatic carbocycles. The lowest BCUT2D eigenvalue weighted by molar-refractivity contribution is -0.140. The number of benzene rings is 1. The van der Waals surface area contributed by atoms with Gasteiger partial charge in [-0.15, -0.1) is 0 Å². The molecule has 6 nitrogen and oxygen atoms in total. The molecule has 2 heterocycles. The summed E-state index contributed by atoms with van der Waals surface area (Å²) in [5, 5.41) is 2.75. The van der Waals surface area contributed by atoms with Crippen molar-refractivity contribution in [2.45, 2.75) is 51.6 Å². The van der Waals surface area contributed by atoms with E-state index < -0.39 is 11.6 Å². The summed E-state index contributed by atoms with van der Waals surface area (Å²) in [5.41, 5.74) is 0.673. The van der Waals surface area contributed by atoms with Crippen molar-refractivity contribution in [2.75, 3.05) is 13.1 Å². The highest BCUT2D eigenvalue weighted by Crippen LogP contribution is 2.29. The van der Waals surface area contributed by atoms with E-state index in [0.717, 1.165) is 35.3 Å². The summed E-state index contributed by atoms with van der Waals surface area (Å²) >= 11 is 0. The average molecular weight is 343 g/mol. The maximum absolute atomic E-state index is 12.9. The number of piperidine rings is 1. The molecule has 25 heavy (non-hydrogen) atoms. The normalized spacial score (nSPS) is 26.8. The van der Waals surface area contributed by atoms with Crippen LogP contribution in [-0.4, -0.2) is 46.8 Å². The molecule has 1 aromatic rings. The summed E-state index contributed by atoms with van der Waals surface area (Å²) in [6.07, 6.45) is 3.05. The minimum absolute atomic E-state index is 0.158. The number of imide groups is 1. The van der Waals surface area contributed by atoms with Crippen molar-refractivity contribution >= 4 is 17.8 Å². The first-order valence-corrected chi connectivity index (χ1v) is 8.83. The second-order valence-electron chi connectivity index (χ2n) is 7.24. The molecular formula is C19H25N3O3. The Hall–Kier alpha value is -2.37. The Bertz CT molecular complexity index is 700. The van der Waals surface area contributed by atoms with Gasteiger partial charge in [-0.05, 0) is 45.6 Å². The molecule has 0 spiro atoms. The van der Waals surface area contributed by atoms with Gasteiger partial charge in [0.2, 0.25) is 5.91 Å². The van der Waals surface area contributed by atoms with Gasteiger partial charge in [0.05, 0.1) is 0 Å². The van der Waals surface area contributed by atoms with Crippen molar-refractivity contribution < 1.29 is 14.4 Å². The van der Waals surface area contributed by atoms with Crippen molar-refractivity contribution in [1.82, 2.24) is 15.1 Å². The number of nitrogens with zero attached hydrogens (tertiary/aromatic N) is 2. The van der Waals surface area contributed by atoms with Gasteiger partial charge in [0.1, 0.15) is 12.1 Å². The molecule has 2 fully saturated rings. The van der Waals surface area contributed by atoms with Crippen LogP contribution in [0.5, 0.6) is 0 Å². The van der Waals surface area contributed by atoms with E-state index in [-0.39, 0.29) is 24.4 Å². The summed E-state index contributed by atoms with van der Waals surface area (Å²) in [6.45, 7) is 6.16. The minimum atomic E-state index is -1.13. The number of likely N-dealkylation sites (tertiary alicyclic amines) is 1. The first kappa shape index (κ1) is 17.5. The molecule has 0 aliphatic carbocycles. The Balaban J connectivity index is 1.77. The number of hydrogen-bond donors (Lipinski definition) is 1. The van der Waals surface area contributed by atoms with E-state index in [2.05, 4.69) is 5.32 Å². The van der Waals surface area contributed by atoms with Gasteiger partial charge < -0.3 is 10.2 Å². The van der Waals surface area contributed by atoms with Gasteiger partial charge in [0.15, 0.2) is 0 Å². The van der Waals surface area contributed by atoms with Crippen molar-refractivity contribution in [3.63, 3.8) is 0 Å². The number of carbonyl (C=O) groups excluding carboxylic acids is 3. The second-order valence-corrected chi connectivity index (χ2v) is 7.24. The van der Waals surface area contributed by atoms with E-state index in [1.165, 1.54) is 0 Å². The van der Waals surface area contributed by atoms with Crippen LogP contribution in [0.1, 0.15) is 44.2 Å². The number of urea groups is 1. The number of aryl methyl sites for hydroxylation is 1. The molecular weight excluding hydrogens is 318 g/mol. The van der Waals surface area contributed by atoms with Crippen LogP contribution in [0.2, 0.25) is 0 Å². The van der Waals surface area contributed by atoms with Crippen molar-refractivity contribution in [3.8, 4) is 0 Å². The maximum atomic E-state index is 12.9. The molecule has 0 aromatic heterocycles. The predicted molar refractivity (Wildman–Crippen MR) is 93.8 cm³/mol. The van der Waals surface area contributed by atoms with E-state index in [0.29, 0.717) is 6.54 Å². The van der Waals surface area contributed by atoms with Gasteiger partial charge in [0, 0.05) is 12.6 Å². The quantitative estimate of drug-likeness (QED) is 0.855. The first-order valence-electron chi connectivity index (χ1n) is 8.83. The average Bonchev–Trinajstić information content (AvgIpc) is 2.80. The summed E-state index contributed by atoms with van der Waals surface area (Å²) in [5.74, 6) is -0.539. The van der Waals surface area contributed by atoms with Gasteiger partial charge in [-0.25, -0.2) is 4.79 Å². The fourth-order valence-electron chi connectivity index (χ4n) is 3.62. The lowest BCUT2D eigenvalue weighted by atomic mass is 9.91. The Morgan fingerprint density at radius 1 is 1.24 bits per heavy atom. The van der Waals surface area contributed by atoms with E-state index in [1.54, 1.807) is 11.8 Å². The molecule has 0 bridgehead atoms. The molecule has 4 amide bonds. The lowest BCUT2D eigenvalue weighted by Gasteiger charge is -2.34. The molecule has 0 unspecified atom stereocenters. The van der Waals surface area contributed by atoms with Crippen LogP contribution in [0, 0.1) is 6.92 Å². The van der Waals surface area contributed by atoms with Gasteiger partial charge in [-0.1, -0.05) is 29.8 Å². The van der Waals surface area contributed by atoms with Crippen LogP contribution >= 0.6 is 0 Å². The zero-order valence-corrected chi connectivity index (χ0v) is 15.0. The van der Waals surface area contributed by atoms with Gasteiger partial charge >= 0.3 is 6.03 Å². The first-order chi connectivity index (χ1) is 11.8. The van der Waals surface area contributed by atoms with Crippen molar-refractivity contribution in [1.29, 1.82) is 0 Å². The van der Waals surface area contributed by atoms with Crippen LogP contribution in [-0.2, 0) is 15.1 Å². The fourth-order valence-corrected chi connectivity index (χ4v) is 3.62. The minimum Gasteiger partial charge on any atom is -0.338 e. The number of nitrogens with one attached hydrogen (secondary N) is 1. The van der Waals surface area contributed by atoms with E-state index in [9.17, 15) is 14.4 Å². The molecule has 3 rings (SSSR count). The molecule has 0 radical (unpaired) electrons. The number of hydrogen-bond acceptors (Lipinski definition) is 3. The standard InChI is InChI=1S/C19H25N3O3/c1-13-7-9-15(10-8-13)19(3)17(24)22(18(25)20-19)12-16(23)21-11-5-4-6-14(21)2/h7-10,14H,4-6,11-12H2,1-3H3,(H,20,25)/t14-,19+/m1/s1. The lowest BCUT2D eigenvalue weighted by Crippen LogP contribution is -2.48. The van der Waals surface area contributed by atoms with Gasteiger partial charge in [-0.2, -0.15) is 0 Å². The Kier molecular flexibility index (Phi) is 4.54. The fraction of sp³-hybridized carbons (Fsp3) is 0.526. The third-order valence-corrected chi connectivity index (χ3v) is 5.32. The molecule has 2 saturated heterocycles. The third-order valence-electron chi connectivity index (χ3n) is 5.32. The largest absolute Gasteiger partial charge is 0.338 e. The van der Waals surface area contributed by atoms with E-state index in [1.807, 2.05) is 38.1 Å². The van der Waals surface area contributed by atoms with Crippen molar-refractivity contribution in [2.24, 2.45) is 0 Å². The summed E-state index contributed by atoms with van der Waals surface area (Å²) in [4.78, 5) is 40.7. The zero-order chi connectivity index (χ0) is 18.2. The second kappa shape index (κ2) is 6.50. The molecule has 1 N–H and O–H groups in total. The highest BCUT2D eigenvalue weighted by Gasteiger charge is 2.49. The Morgan fingerprint density at radius 3 is 2.56 bits per heavy atom. The zero-order valence-electron chi connectivity index (χ0n) is 15.0. The van der Waals surface area contributed by atoms with Crippen molar-refractivity contribution in [3.05, 3.63) is 35.4 Å². The molecule has 2 aliphatic heterocycles. The smallest absolute Gasteiger partial charge is 0.325 e. The van der Waals surface area contributed by atoms with Crippen LogP contribution in [0.15, 0.2) is 24.3 Å². The van der Waals surface area contributed by atoms with Crippen LogP contribution in [0.25, 0.3) is 0 Å². The maximum Gasteiger partial charge on any atom is 0.325 e. The Labute approximate surface area is 148 Å². The monoisotopic (exact) mass is 343 g/mol. The van der Waals surface area contributed by atoms with Crippen LogP contribution in [0.4, 0.5) is 4.79 Å². The SMILES string of the molecule is Cc1ccc([C@]2(C)NC(=O)N(CC(=O)N3CCCC[C@H]3C)C2=O)cc1. The highest BCUT2D eigenvalue weighted by molar-refractivity contribution is 6.09. The number of amides is 4. The molecule has 2 atom stereocenters. The van der Waals surface area contributed by atoms with Crippen LogP contribution < -0.4 is 5.32 Å². The molecule has 0 saturated carbocycles. The van der Waals surface area contributed by atoms with Gasteiger partial charge in [0.25, 0.3) is 5.91 Å². The van der Waals surface area contributed by atoms with Gasteiger partial charge in [-0.3, -0.25) is 14.5 Å². The topological polar surface area (TPSA) is 69.7 Å². The summed E-state index contributed by atoms with van der Waals surface area (Å²) < 4.78 is 0. The van der Waals surface area contributed by atoms with Crippen LogP contribution in [0.3, 0.4) is 0 Å².